The van der Waals surface area contributed by atoms with Gasteiger partial charge in [-0.1, -0.05) is 44.9 Å². The topological polar surface area (TPSA) is 450 Å². The van der Waals surface area contributed by atoms with Crippen LogP contribution in [0.25, 0.3) is 0 Å². The molecule has 0 fully saturated rings. The summed E-state index contributed by atoms with van der Waals surface area (Å²) in [5.74, 6) is -4.40. The van der Waals surface area contributed by atoms with Crippen molar-refractivity contribution in [3.05, 3.63) is 96.2 Å². The van der Waals surface area contributed by atoms with Crippen molar-refractivity contribution in [2.45, 2.75) is 162 Å². The normalized spacial score (nSPS) is 11.6. The van der Waals surface area contributed by atoms with E-state index >= 15 is 0 Å². The number of thiazole rings is 8. The molecule has 0 aromatic carbocycles. The number of carbonyl (C=O) groups excluding carboxylic acids is 2. The van der Waals surface area contributed by atoms with E-state index in [9.17, 15) is 38.4 Å². The van der Waals surface area contributed by atoms with E-state index in [2.05, 4.69) is 73.7 Å². The van der Waals surface area contributed by atoms with Crippen LogP contribution in [0.15, 0.2) is 10.3 Å². The standard InChI is InChI=1S/C9H10N2O3S.C9H10N2O2S.C9H13NO2S.2C8H11NO3S.C7H9NO3S.C7H9NO2S.C6H7NO3S/c1-3-13-9-8(15-5(2)10-9)6-4-7(12)14-11-6;1-3-6-9(14-5(2)10-6)7-4-8(12)13-11-7;1-5(2)4-7-8(9(11)12)13-6(3)10-7;1-4(2)12-7-6(8(10)11)13-5(3)9-7;1-3-4-12-7-6(8(10)11)13-5(2)9-7;1-3-11-6-5(7(9)10)12-4(2)8-6;1-3-5-6(7(9)10)11-4(2)8-5;1-3-7-5(10-2)4(11-3)6(8)9/h3-4H2,1-2H3;3-4H2,1-2H3;5H,4H2,1-3H3,(H,11,12);4H,1-3H3,(H,10,11);3-4H2,1-2H3,(H,10,11);3H2,1-2H3,(H,9,10);3H2,1-2H3,(H,9,10);1-2H3,(H,8,9). The SMILES string of the molecule is CCCOc1nc(C)sc1C(=O)O.CCOc1nc(C)sc1C(=O)O.CCOc1nc(C)sc1C1=NOC(=O)C1.CCc1nc(C)sc1C(=O)O.CCc1nc(C)sc1C1=NOC(=O)C1.COc1nc(C)sc1C(=O)O.Cc1nc(CC(C)C)c(C(=O)O)s1.Cc1nc(OC(C)C)c(C(=O)O)s1. The quantitative estimate of drug-likeness (QED) is 0.0343. The number of carboxylic acid groups (broad SMARTS) is 6. The summed E-state index contributed by atoms with van der Waals surface area (Å²) in [5.41, 5.74) is 3.75. The van der Waals surface area contributed by atoms with Gasteiger partial charge in [0.2, 0.25) is 29.4 Å². The fraction of sp³-hybridized carbons (Fsp3) is 0.460. The van der Waals surface area contributed by atoms with Gasteiger partial charge in [-0.25, -0.2) is 78.2 Å². The smallest absolute Gasteiger partial charge is 0.351 e. The summed E-state index contributed by atoms with van der Waals surface area (Å²) < 4.78 is 25.6. The minimum Gasteiger partial charge on any atom is -0.480 e. The predicted molar refractivity (Wildman–Crippen MR) is 389 cm³/mol. The summed E-state index contributed by atoms with van der Waals surface area (Å²) in [6.45, 7) is 33.3. The molecule has 0 aliphatic carbocycles. The molecule has 10 rings (SSSR count). The lowest BCUT2D eigenvalue weighted by atomic mass is 10.1. The minimum absolute atomic E-state index is 0.0559. The Kier molecular flexibility index (Phi) is 37.0. The van der Waals surface area contributed by atoms with Gasteiger partial charge in [-0.15, -0.1) is 90.7 Å². The van der Waals surface area contributed by atoms with E-state index in [0.717, 1.165) is 111 Å². The van der Waals surface area contributed by atoms with Gasteiger partial charge in [-0.05, 0) is 115 Å². The molecule has 0 radical (unpaired) electrons. The molecule has 0 unspecified atom stereocenters. The van der Waals surface area contributed by atoms with E-state index in [1.165, 1.54) is 41.1 Å². The fourth-order valence-electron chi connectivity index (χ4n) is 7.80. The first kappa shape index (κ1) is 87.4. The highest BCUT2D eigenvalue weighted by molar-refractivity contribution is 7.16. The van der Waals surface area contributed by atoms with Crippen molar-refractivity contribution in [2.24, 2.45) is 16.2 Å². The van der Waals surface area contributed by atoms with Crippen molar-refractivity contribution < 1.29 is 102 Å². The summed E-state index contributed by atoms with van der Waals surface area (Å²) >= 11 is 10.0. The Balaban J connectivity index is 0.000000304. The maximum absolute atomic E-state index is 10.9. The number of oxime groups is 2. The van der Waals surface area contributed by atoms with Crippen LogP contribution in [-0.4, -0.2) is 163 Å². The van der Waals surface area contributed by atoms with Gasteiger partial charge in [0, 0.05) is 0 Å². The predicted octanol–water partition coefficient (Wildman–Crippen LogP) is 13.8. The van der Waals surface area contributed by atoms with Crippen molar-refractivity contribution in [3.63, 3.8) is 0 Å². The molecule has 8 aromatic rings. The van der Waals surface area contributed by atoms with E-state index in [1.54, 1.807) is 46.0 Å². The molecule has 102 heavy (non-hydrogen) atoms. The molecule has 0 saturated heterocycles. The maximum atomic E-state index is 10.9. The van der Waals surface area contributed by atoms with Crippen LogP contribution in [0.2, 0.25) is 0 Å². The molecule has 0 spiro atoms. The summed E-state index contributed by atoms with van der Waals surface area (Å²) in [7, 11) is 1.40. The van der Waals surface area contributed by atoms with E-state index in [-0.39, 0.29) is 73.9 Å². The van der Waals surface area contributed by atoms with Crippen LogP contribution < -0.4 is 23.7 Å². The Labute approximate surface area is 619 Å². The molecular weight excluding hydrogens is 1490 g/mol. The van der Waals surface area contributed by atoms with Gasteiger partial charge in [0.05, 0.1) is 108 Å². The van der Waals surface area contributed by atoms with Crippen LogP contribution >= 0.6 is 90.7 Å². The first-order valence-electron chi connectivity index (χ1n) is 30.8. The number of methoxy groups -OCH3 is 1. The number of aryl methyl sites for hydroxylation is 10. The molecule has 31 nitrogen and oxygen atoms in total. The molecule has 556 valence electrons. The third kappa shape index (κ3) is 28.5. The summed E-state index contributed by atoms with van der Waals surface area (Å²) in [6.07, 6.45) is 3.54. The third-order valence-corrected chi connectivity index (χ3v) is 19.4. The first-order chi connectivity index (χ1) is 48.0. The number of carboxylic acids is 6. The first-order valence-corrected chi connectivity index (χ1v) is 37.3. The molecule has 0 amide bonds. The van der Waals surface area contributed by atoms with Crippen molar-refractivity contribution >= 4 is 150 Å². The second-order valence-electron chi connectivity index (χ2n) is 20.9. The molecule has 8 aromatic heterocycles. The highest BCUT2D eigenvalue weighted by atomic mass is 32.1. The number of aromatic nitrogens is 8. The van der Waals surface area contributed by atoms with E-state index in [1.807, 2.05) is 69.2 Å². The Morgan fingerprint density at radius 1 is 0.412 bits per heavy atom. The molecule has 0 atom stereocenters. The molecule has 0 saturated carbocycles. The van der Waals surface area contributed by atoms with Crippen LogP contribution in [0.5, 0.6) is 29.4 Å². The molecule has 0 bridgehead atoms. The zero-order valence-electron chi connectivity index (χ0n) is 59.1. The van der Waals surface area contributed by atoms with E-state index < -0.39 is 35.8 Å². The number of hydrogen-bond donors (Lipinski definition) is 6. The van der Waals surface area contributed by atoms with Crippen molar-refractivity contribution in [1.29, 1.82) is 0 Å². The van der Waals surface area contributed by atoms with E-state index in [0.29, 0.717) is 79.2 Å². The van der Waals surface area contributed by atoms with Crippen LogP contribution in [0.4, 0.5) is 0 Å². The molecule has 6 N–H and O–H groups in total. The van der Waals surface area contributed by atoms with Gasteiger partial charge < -0.3 is 64.0 Å². The molecular formula is C63H80N10O21S8. The van der Waals surface area contributed by atoms with Gasteiger partial charge in [0.25, 0.3) is 0 Å². The Bertz CT molecular complexity index is 4090. The minimum atomic E-state index is -0.993. The highest BCUT2D eigenvalue weighted by Gasteiger charge is 2.27. The Hall–Kier alpha value is -8.86. The van der Waals surface area contributed by atoms with Crippen molar-refractivity contribution in [3.8, 4) is 29.4 Å². The average molecular weight is 1570 g/mol. The van der Waals surface area contributed by atoms with E-state index in [4.69, 9.17) is 54.3 Å². The summed E-state index contributed by atoms with van der Waals surface area (Å²) in [6, 6.07) is 0. The average Bonchev–Trinajstić information content (AvgIpc) is 1.69. The Morgan fingerprint density at radius 2 is 0.735 bits per heavy atom. The zero-order valence-corrected chi connectivity index (χ0v) is 65.6. The lowest BCUT2D eigenvalue weighted by molar-refractivity contribution is -0.140. The molecule has 10 heterocycles. The number of hydrogen-bond acceptors (Lipinski definition) is 33. The maximum Gasteiger partial charge on any atom is 0.351 e. The summed E-state index contributed by atoms with van der Waals surface area (Å²) in [4.78, 5) is 131. The fourth-order valence-corrected chi connectivity index (χ4v) is 14.1. The molecule has 2 aliphatic rings. The van der Waals surface area contributed by atoms with Gasteiger partial charge in [0.1, 0.15) is 26.1 Å². The van der Waals surface area contributed by atoms with Crippen LogP contribution in [-0.2, 0) is 38.5 Å². The van der Waals surface area contributed by atoms with Gasteiger partial charge in [-0.3, -0.25) is 0 Å². The number of aromatic carboxylic acids is 6. The number of carbonyl (C=O) groups is 8. The van der Waals surface area contributed by atoms with Gasteiger partial charge in [-0.2, -0.15) is 0 Å². The Morgan fingerprint density at radius 3 is 1.11 bits per heavy atom. The lowest BCUT2D eigenvalue weighted by Gasteiger charge is -2.06. The monoisotopic (exact) mass is 1570 g/mol. The van der Waals surface area contributed by atoms with Crippen LogP contribution in [0.3, 0.4) is 0 Å². The lowest BCUT2D eigenvalue weighted by Crippen LogP contribution is -2.08. The van der Waals surface area contributed by atoms with Crippen molar-refractivity contribution in [1.82, 2.24) is 39.9 Å². The van der Waals surface area contributed by atoms with Crippen LogP contribution in [0, 0.1) is 61.3 Å². The van der Waals surface area contributed by atoms with Crippen molar-refractivity contribution in [2.75, 3.05) is 26.9 Å². The molecule has 2 aliphatic heterocycles. The van der Waals surface area contributed by atoms with Gasteiger partial charge in [0.15, 0.2) is 19.5 Å². The second-order valence-corrected chi connectivity index (χ2v) is 30.6. The van der Waals surface area contributed by atoms with Crippen LogP contribution in [0.1, 0.15) is 207 Å². The zero-order chi connectivity index (χ0) is 76.8. The number of ether oxygens (including phenoxy) is 5. The molecule has 39 heteroatoms. The highest BCUT2D eigenvalue weighted by Crippen LogP contribution is 2.31. The third-order valence-electron chi connectivity index (χ3n) is 11.6. The summed E-state index contributed by atoms with van der Waals surface area (Å²) in [5, 5.41) is 66.2. The van der Waals surface area contributed by atoms with Gasteiger partial charge >= 0.3 is 47.8 Å². The number of nitrogens with zero attached hydrogens (tertiary/aromatic N) is 10. The number of rotatable bonds is 22. The second kappa shape index (κ2) is 43.2. The largest absolute Gasteiger partial charge is 0.480 e.